The van der Waals surface area contributed by atoms with Crippen LogP contribution in [0.25, 0.3) is 0 Å². The Kier molecular flexibility index (Phi) is 5.01. The smallest absolute Gasteiger partial charge is 0.269 e. The van der Waals surface area contributed by atoms with Gasteiger partial charge in [-0.15, -0.1) is 0 Å². The van der Waals surface area contributed by atoms with Crippen molar-refractivity contribution in [3.63, 3.8) is 0 Å². The maximum atomic E-state index is 11.3. The van der Waals surface area contributed by atoms with Crippen LogP contribution in [0.1, 0.15) is 40.4 Å². The number of non-ortho nitro benzene ring substituents is 1. The number of aromatic nitrogens is 1. The molecule has 0 amide bonds. The molecule has 144 valence electrons. The lowest BCUT2D eigenvalue weighted by Gasteiger charge is -2.30. The Labute approximate surface area is 165 Å². The van der Waals surface area contributed by atoms with Crippen molar-refractivity contribution in [1.29, 1.82) is 0 Å². The zero-order valence-corrected chi connectivity index (χ0v) is 16.3. The van der Waals surface area contributed by atoms with E-state index in [2.05, 4.69) is 59.8 Å². The summed E-state index contributed by atoms with van der Waals surface area (Å²) in [6.07, 6.45) is 3.16. The average molecular weight is 375 g/mol. The van der Waals surface area contributed by atoms with Gasteiger partial charge < -0.3 is 4.57 Å². The van der Waals surface area contributed by atoms with Crippen LogP contribution in [-0.4, -0.2) is 20.9 Å². The second-order valence-corrected chi connectivity index (χ2v) is 7.70. The summed E-state index contributed by atoms with van der Waals surface area (Å²) >= 11 is 0. The van der Waals surface area contributed by atoms with Gasteiger partial charge in [0.05, 0.1) is 11.0 Å². The van der Waals surface area contributed by atoms with Crippen molar-refractivity contribution in [1.82, 2.24) is 9.47 Å². The number of rotatable bonds is 4. The minimum absolute atomic E-state index is 0.00165. The fourth-order valence-corrected chi connectivity index (χ4v) is 4.39. The van der Waals surface area contributed by atoms with Gasteiger partial charge in [0.1, 0.15) is 0 Å². The molecule has 2 heterocycles. The Morgan fingerprint density at radius 3 is 2.57 bits per heavy atom. The van der Waals surface area contributed by atoms with Gasteiger partial charge in [-0.25, -0.2) is 0 Å². The Balaban J connectivity index is 1.77. The van der Waals surface area contributed by atoms with E-state index in [4.69, 9.17) is 0 Å². The van der Waals surface area contributed by atoms with E-state index >= 15 is 0 Å². The summed E-state index contributed by atoms with van der Waals surface area (Å²) in [4.78, 5) is 13.5. The maximum Gasteiger partial charge on any atom is 0.269 e. The van der Waals surface area contributed by atoms with Crippen LogP contribution in [0, 0.1) is 24.0 Å². The van der Waals surface area contributed by atoms with Gasteiger partial charge in [0.25, 0.3) is 5.69 Å². The van der Waals surface area contributed by atoms with Crippen LogP contribution in [0.2, 0.25) is 0 Å². The van der Waals surface area contributed by atoms with Gasteiger partial charge in [0.15, 0.2) is 0 Å². The molecule has 2 aromatic carbocycles. The van der Waals surface area contributed by atoms with E-state index in [1.165, 1.54) is 22.4 Å². The third kappa shape index (κ3) is 3.71. The highest BCUT2D eigenvalue weighted by Gasteiger charge is 2.28. The highest BCUT2D eigenvalue weighted by Crippen LogP contribution is 2.34. The zero-order chi connectivity index (χ0) is 19.7. The third-order valence-electron chi connectivity index (χ3n) is 5.42. The molecule has 0 fully saturated rings. The molecule has 0 bridgehead atoms. The summed E-state index contributed by atoms with van der Waals surface area (Å²) in [5.41, 5.74) is 6.13. The molecule has 1 aliphatic rings. The summed E-state index contributed by atoms with van der Waals surface area (Å²) in [5, 5.41) is 11.3. The predicted molar refractivity (Wildman–Crippen MR) is 110 cm³/mol. The number of nitro groups is 1. The molecule has 4 rings (SSSR count). The largest absolute Gasteiger partial charge is 0.350 e. The summed E-state index contributed by atoms with van der Waals surface area (Å²) in [7, 11) is 0. The quantitative estimate of drug-likeness (QED) is 0.476. The molecule has 0 aliphatic carbocycles. The van der Waals surface area contributed by atoms with Crippen LogP contribution in [-0.2, 0) is 13.1 Å². The maximum absolute atomic E-state index is 11.3. The molecular weight excluding hydrogens is 350 g/mol. The zero-order valence-electron chi connectivity index (χ0n) is 16.3. The molecule has 3 aromatic rings. The number of aryl methyl sites for hydroxylation is 3. The van der Waals surface area contributed by atoms with E-state index in [1.54, 1.807) is 18.2 Å². The lowest BCUT2D eigenvalue weighted by molar-refractivity contribution is -0.384. The molecule has 1 aliphatic heterocycles. The molecule has 28 heavy (non-hydrogen) atoms. The van der Waals surface area contributed by atoms with Gasteiger partial charge in [0.2, 0.25) is 0 Å². The SMILES string of the molecule is Cc1cc(C)cc(CN2CCCn3cccc3C2c2cccc([N+](=O)[O-])c2)c1. The Morgan fingerprint density at radius 1 is 1.04 bits per heavy atom. The van der Waals surface area contributed by atoms with Crippen LogP contribution < -0.4 is 0 Å². The van der Waals surface area contributed by atoms with Gasteiger partial charge in [-0.2, -0.15) is 0 Å². The first-order valence-corrected chi connectivity index (χ1v) is 9.72. The van der Waals surface area contributed by atoms with Crippen LogP contribution in [0.5, 0.6) is 0 Å². The van der Waals surface area contributed by atoms with Crippen LogP contribution in [0.4, 0.5) is 5.69 Å². The van der Waals surface area contributed by atoms with Crippen molar-refractivity contribution < 1.29 is 4.92 Å². The lowest BCUT2D eigenvalue weighted by atomic mass is 9.99. The third-order valence-corrected chi connectivity index (χ3v) is 5.42. The van der Waals surface area contributed by atoms with Crippen LogP contribution in [0.3, 0.4) is 0 Å². The Bertz CT molecular complexity index is 988. The second-order valence-electron chi connectivity index (χ2n) is 7.70. The van der Waals surface area contributed by atoms with Gasteiger partial charge >= 0.3 is 0 Å². The van der Waals surface area contributed by atoms with Gasteiger partial charge in [-0.05, 0) is 43.5 Å². The van der Waals surface area contributed by atoms with Crippen molar-refractivity contribution in [2.75, 3.05) is 6.54 Å². The fraction of sp³-hybridized carbons (Fsp3) is 0.304. The van der Waals surface area contributed by atoms with Crippen LogP contribution >= 0.6 is 0 Å². The van der Waals surface area contributed by atoms with Crippen molar-refractivity contribution in [3.05, 3.63) is 98.9 Å². The van der Waals surface area contributed by atoms with Gasteiger partial charge in [-0.3, -0.25) is 15.0 Å². The number of nitrogens with zero attached hydrogens (tertiary/aromatic N) is 3. The monoisotopic (exact) mass is 375 g/mol. The van der Waals surface area contributed by atoms with E-state index in [0.29, 0.717) is 0 Å². The van der Waals surface area contributed by atoms with Gasteiger partial charge in [0, 0.05) is 43.7 Å². The second kappa shape index (κ2) is 7.60. The first-order valence-electron chi connectivity index (χ1n) is 9.72. The van der Waals surface area contributed by atoms with Crippen molar-refractivity contribution in [2.45, 2.75) is 39.4 Å². The lowest BCUT2D eigenvalue weighted by Crippen LogP contribution is -2.29. The van der Waals surface area contributed by atoms with Gasteiger partial charge in [-0.1, -0.05) is 41.5 Å². The fourth-order valence-electron chi connectivity index (χ4n) is 4.39. The molecule has 5 nitrogen and oxygen atoms in total. The Hall–Kier alpha value is -2.92. The van der Waals surface area contributed by atoms with E-state index < -0.39 is 0 Å². The molecule has 0 saturated heterocycles. The molecular formula is C23H25N3O2. The number of nitro benzene ring substituents is 1. The van der Waals surface area contributed by atoms with Crippen molar-refractivity contribution in [2.24, 2.45) is 0 Å². The molecule has 0 radical (unpaired) electrons. The van der Waals surface area contributed by atoms with Crippen molar-refractivity contribution >= 4 is 5.69 Å². The molecule has 0 saturated carbocycles. The summed E-state index contributed by atoms with van der Waals surface area (Å²) in [5.74, 6) is 0. The normalized spacial score (nSPS) is 17.1. The van der Waals surface area contributed by atoms with E-state index in [-0.39, 0.29) is 16.7 Å². The summed E-state index contributed by atoms with van der Waals surface area (Å²) in [6.45, 7) is 6.99. The number of hydrogen-bond donors (Lipinski definition) is 0. The molecule has 1 atom stereocenters. The molecule has 1 aromatic heterocycles. The first kappa shape index (κ1) is 18.4. The van der Waals surface area contributed by atoms with E-state index in [9.17, 15) is 10.1 Å². The standard InChI is InChI=1S/C23H25N3O2/c1-17-12-18(2)14-19(13-17)16-25-11-5-10-24-9-4-8-22(24)23(25)20-6-3-7-21(15-20)26(27)28/h3-4,6-9,12-15,23H,5,10-11,16H2,1-2H3. The molecule has 0 spiro atoms. The highest BCUT2D eigenvalue weighted by atomic mass is 16.6. The van der Waals surface area contributed by atoms with E-state index in [0.717, 1.165) is 31.6 Å². The molecule has 1 unspecified atom stereocenters. The predicted octanol–water partition coefficient (Wildman–Crippen LogP) is 5.01. The highest BCUT2D eigenvalue weighted by molar-refractivity contribution is 5.39. The summed E-state index contributed by atoms with van der Waals surface area (Å²) < 4.78 is 2.28. The minimum Gasteiger partial charge on any atom is -0.350 e. The summed E-state index contributed by atoms with van der Waals surface area (Å²) in [6, 6.07) is 18.0. The Morgan fingerprint density at radius 2 is 1.82 bits per heavy atom. The first-order chi connectivity index (χ1) is 13.5. The van der Waals surface area contributed by atoms with Crippen LogP contribution in [0.15, 0.2) is 60.8 Å². The molecule has 5 heteroatoms. The average Bonchev–Trinajstić information content (AvgIpc) is 3.02. The number of fused-ring (bicyclic) bond motifs is 1. The minimum atomic E-state index is -0.312. The van der Waals surface area contributed by atoms with E-state index in [1.807, 2.05) is 6.07 Å². The number of hydrogen-bond acceptors (Lipinski definition) is 3. The molecule has 0 N–H and O–H groups in total. The topological polar surface area (TPSA) is 51.3 Å². The number of benzene rings is 2. The van der Waals surface area contributed by atoms with Crippen molar-refractivity contribution in [3.8, 4) is 0 Å².